The number of amides is 2. The van der Waals surface area contributed by atoms with Crippen molar-refractivity contribution in [1.82, 2.24) is 15.1 Å². The van der Waals surface area contributed by atoms with E-state index in [1.807, 2.05) is 36.4 Å². The molecule has 0 atom stereocenters. The van der Waals surface area contributed by atoms with Crippen molar-refractivity contribution in [1.29, 1.82) is 0 Å². The van der Waals surface area contributed by atoms with Gasteiger partial charge in [0.2, 0.25) is 5.91 Å². The van der Waals surface area contributed by atoms with E-state index in [2.05, 4.69) is 36.5 Å². The first kappa shape index (κ1) is 24.5. The van der Waals surface area contributed by atoms with E-state index in [-0.39, 0.29) is 23.3 Å². The fourth-order valence-electron chi connectivity index (χ4n) is 6.71. The molecule has 0 radical (unpaired) electrons. The van der Waals surface area contributed by atoms with Gasteiger partial charge in [0.1, 0.15) is 12.4 Å². The summed E-state index contributed by atoms with van der Waals surface area (Å²) in [6.45, 7) is 5.50. The fourth-order valence-corrected chi connectivity index (χ4v) is 6.71. The molecule has 192 valence electrons. The zero-order valence-electron chi connectivity index (χ0n) is 21.4. The van der Waals surface area contributed by atoms with Crippen LogP contribution in [-0.2, 0) is 24.5 Å². The highest BCUT2D eigenvalue weighted by atomic mass is 16.5. The Morgan fingerprint density at radius 1 is 1.03 bits per heavy atom. The van der Waals surface area contributed by atoms with Gasteiger partial charge in [0.15, 0.2) is 6.61 Å². The van der Waals surface area contributed by atoms with Crippen molar-refractivity contribution in [2.45, 2.75) is 64.7 Å². The van der Waals surface area contributed by atoms with Crippen LogP contribution in [0.4, 0.5) is 5.82 Å². The lowest BCUT2D eigenvalue weighted by molar-refractivity contribution is -0.152. The Balaban J connectivity index is 1.14. The number of nitrogens with zero attached hydrogens (tertiary/aromatic N) is 2. The molecular weight excluding hydrogens is 456 g/mol. The zero-order valence-corrected chi connectivity index (χ0v) is 21.4. The van der Waals surface area contributed by atoms with Crippen molar-refractivity contribution in [3.05, 3.63) is 42.1 Å². The number of aromatic nitrogens is 2. The van der Waals surface area contributed by atoms with Gasteiger partial charge in [-0.05, 0) is 68.4 Å². The minimum absolute atomic E-state index is 0.0236. The predicted octanol–water partition coefficient (Wildman–Crippen LogP) is 3.98. The van der Waals surface area contributed by atoms with E-state index in [0.717, 1.165) is 30.6 Å². The van der Waals surface area contributed by atoms with Crippen LogP contribution in [0.5, 0.6) is 0 Å². The number of rotatable bonds is 7. The van der Waals surface area contributed by atoms with Crippen molar-refractivity contribution in [2.24, 2.45) is 23.2 Å². The van der Waals surface area contributed by atoms with Gasteiger partial charge in [-0.2, -0.15) is 5.10 Å². The Hall–Kier alpha value is -3.16. The van der Waals surface area contributed by atoms with E-state index in [0.29, 0.717) is 23.6 Å². The smallest absolute Gasteiger partial charge is 0.325 e. The van der Waals surface area contributed by atoms with Gasteiger partial charge in [0.25, 0.3) is 5.91 Å². The van der Waals surface area contributed by atoms with Crippen LogP contribution in [-0.4, -0.2) is 40.7 Å². The van der Waals surface area contributed by atoms with Crippen LogP contribution in [0.15, 0.2) is 36.4 Å². The summed E-state index contributed by atoms with van der Waals surface area (Å²) < 4.78 is 6.84. The lowest BCUT2D eigenvalue weighted by Gasteiger charge is -2.55. The molecule has 4 aliphatic rings. The SMILES string of the molecule is CC(C)(C)c1cc(NC(=O)COC(=O)CNC(=O)C23CC4CC(CC(C4)C2)C3)n(-c2ccccc2)n1. The maximum absolute atomic E-state index is 13.0. The highest BCUT2D eigenvalue weighted by Crippen LogP contribution is 2.60. The van der Waals surface area contributed by atoms with Crippen molar-refractivity contribution >= 4 is 23.6 Å². The van der Waals surface area contributed by atoms with Crippen LogP contribution in [0.3, 0.4) is 0 Å². The number of ether oxygens (including phenoxy) is 1. The van der Waals surface area contributed by atoms with Gasteiger partial charge in [-0.1, -0.05) is 39.0 Å². The van der Waals surface area contributed by atoms with Gasteiger partial charge in [-0.15, -0.1) is 0 Å². The molecule has 0 unspecified atom stereocenters. The summed E-state index contributed by atoms with van der Waals surface area (Å²) in [5.41, 5.74) is 1.12. The van der Waals surface area contributed by atoms with Crippen LogP contribution in [0.25, 0.3) is 5.69 Å². The second kappa shape index (κ2) is 9.37. The number of para-hydroxylation sites is 1. The van der Waals surface area contributed by atoms with Gasteiger partial charge < -0.3 is 15.4 Å². The third-order valence-corrected chi connectivity index (χ3v) is 8.02. The van der Waals surface area contributed by atoms with Crippen molar-refractivity contribution in [2.75, 3.05) is 18.5 Å². The van der Waals surface area contributed by atoms with E-state index in [9.17, 15) is 14.4 Å². The molecule has 1 aromatic carbocycles. The number of benzene rings is 1. The third kappa shape index (κ3) is 5.04. The number of hydrogen-bond donors (Lipinski definition) is 2. The van der Waals surface area contributed by atoms with Gasteiger partial charge >= 0.3 is 5.97 Å². The molecular formula is C28H36N4O4. The topological polar surface area (TPSA) is 102 Å². The lowest BCUT2D eigenvalue weighted by Crippen LogP contribution is -2.54. The summed E-state index contributed by atoms with van der Waals surface area (Å²) >= 11 is 0. The molecule has 2 amide bonds. The number of anilines is 1. The van der Waals surface area contributed by atoms with E-state index in [1.165, 1.54) is 19.3 Å². The number of carbonyl (C=O) groups excluding carboxylic acids is 3. The lowest BCUT2D eigenvalue weighted by atomic mass is 9.49. The fraction of sp³-hybridized carbons (Fsp3) is 0.571. The number of esters is 1. The predicted molar refractivity (Wildman–Crippen MR) is 135 cm³/mol. The van der Waals surface area contributed by atoms with Crippen LogP contribution >= 0.6 is 0 Å². The molecule has 8 heteroatoms. The zero-order chi connectivity index (χ0) is 25.5. The molecule has 0 saturated heterocycles. The van der Waals surface area contributed by atoms with Gasteiger partial charge in [0.05, 0.1) is 11.4 Å². The van der Waals surface area contributed by atoms with Gasteiger partial charge in [-0.25, -0.2) is 4.68 Å². The second-order valence-electron chi connectivity index (χ2n) is 12.0. The molecule has 0 spiro atoms. The van der Waals surface area contributed by atoms with Gasteiger partial charge in [-0.3, -0.25) is 14.4 Å². The van der Waals surface area contributed by atoms with E-state index in [4.69, 9.17) is 4.74 Å². The summed E-state index contributed by atoms with van der Waals surface area (Å²) in [5.74, 6) is 1.36. The van der Waals surface area contributed by atoms with E-state index >= 15 is 0 Å². The quantitative estimate of drug-likeness (QED) is 0.569. The summed E-state index contributed by atoms with van der Waals surface area (Å²) in [7, 11) is 0. The van der Waals surface area contributed by atoms with Crippen molar-refractivity contribution in [3.63, 3.8) is 0 Å². The monoisotopic (exact) mass is 492 g/mol. The molecule has 36 heavy (non-hydrogen) atoms. The van der Waals surface area contributed by atoms with E-state index in [1.54, 1.807) is 4.68 Å². The first-order valence-electron chi connectivity index (χ1n) is 13.0. The first-order valence-corrected chi connectivity index (χ1v) is 13.0. The molecule has 4 bridgehead atoms. The average Bonchev–Trinajstić information content (AvgIpc) is 3.25. The largest absolute Gasteiger partial charge is 0.454 e. The highest BCUT2D eigenvalue weighted by molar-refractivity contribution is 5.93. The number of carbonyl (C=O) groups is 3. The van der Waals surface area contributed by atoms with Crippen LogP contribution in [0, 0.1) is 23.2 Å². The molecule has 4 aliphatic carbocycles. The van der Waals surface area contributed by atoms with Crippen LogP contribution < -0.4 is 10.6 Å². The maximum Gasteiger partial charge on any atom is 0.325 e. The third-order valence-electron chi connectivity index (χ3n) is 8.02. The number of nitrogens with one attached hydrogen (secondary N) is 2. The average molecular weight is 493 g/mol. The molecule has 1 heterocycles. The first-order chi connectivity index (χ1) is 17.1. The number of hydrogen-bond acceptors (Lipinski definition) is 5. The maximum atomic E-state index is 13.0. The summed E-state index contributed by atoms with van der Waals surface area (Å²) in [6, 6.07) is 11.4. The Bertz CT molecular complexity index is 1110. The van der Waals surface area contributed by atoms with Crippen molar-refractivity contribution in [3.8, 4) is 5.69 Å². The normalized spacial score (nSPS) is 26.5. The molecule has 2 aromatic rings. The minimum atomic E-state index is -0.616. The molecule has 2 N–H and O–H groups in total. The van der Waals surface area contributed by atoms with Gasteiger partial charge in [0, 0.05) is 16.9 Å². The van der Waals surface area contributed by atoms with Crippen LogP contribution in [0.1, 0.15) is 65.0 Å². The standard InChI is InChI=1S/C28H36N4O4/c1-27(2,3)22-12-23(32(31-22)21-7-5-4-6-8-21)30-24(33)17-36-25(34)16-29-26(35)28-13-18-9-19(14-28)11-20(10-18)15-28/h4-8,12,18-20H,9-11,13-17H2,1-3H3,(H,29,35)(H,30,33). The molecule has 4 fully saturated rings. The Morgan fingerprint density at radius 2 is 1.64 bits per heavy atom. The minimum Gasteiger partial charge on any atom is -0.454 e. The molecule has 4 saturated carbocycles. The highest BCUT2D eigenvalue weighted by Gasteiger charge is 2.54. The molecule has 6 rings (SSSR count). The Morgan fingerprint density at radius 3 is 2.22 bits per heavy atom. The molecule has 8 nitrogen and oxygen atoms in total. The second-order valence-corrected chi connectivity index (χ2v) is 12.0. The molecule has 0 aliphatic heterocycles. The molecule has 1 aromatic heterocycles. The van der Waals surface area contributed by atoms with Crippen LogP contribution in [0.2, 0.25) is 0 Å². The summed E-state index contributed by atoms with van der Waals surface area (Å²) in [4.78, 5) is 38.0. The Kier molecular flexibility index (Phi) is 6.39. The van der Waals surface area contributed by atoms with E-state index < -0.39 is 18.5 Å². The summed E-state index contributed by atoms with van der Waals surface area (Å²) in [5, 5.41) is 10.3. The Labute approximate surface area is 212 Å². The summed E-state index contributed by atoms with van der Waals surface area (Å²) in [6.07, 6.45) is 6.58. The van der Waals surface area contributed by atoms with Crippen molar-refractivity contribution < 1.29 is 19.1 Å².